The third-order valence-corrected chi connectivity index (χ3v) is 6.47. The van der Waals surface area contributed by atoms with E-state index >= 15 is 0 Å². The first-order valence-corrected chi connectivity index (χ1v) is 11.6. The monoisotopic (exact) mass is 511 g/mol. The average molecular weight is 512 g/mol. The summed E-state index contributed by atoms with van der Waals surface area (Å²) in [6.07, 6.45) is 1.48. The molecule has 2 N–H and O–H groups in total. The van der Waals surface area contributed by atoms with Gasteiger partial charge in [0.15, 0.2) is 0 Å². The maximum Gasteiger partial charge on any atom is 0.272 e. The SMILES string of the molecule is Cl.O=C(Nc1ccc(F)cc1)C1CCCN(c2c(-c3ccccc3)c3cc(Cl)ccc3[nH]c2=O)C1. The molecule has 1 unspecified atom stereocenters. The number of nitrogens with zero attached hydrogens (tertiary/aromatic N) is 1. The highest BCUT2D eigenvalue weighted by Crippen LogP contribution is 2.37. The molecule has 1 amide bonds. The van der Waals surface area contributed by atoms with Crippen molar-refractivity contribution in [3.05, 3.63) is 94.0 Å². The molecule has 8 heteroatoms. The number of piperidine rings is 1. The summed E-state index contributed by atoms with van der Waals surface area (Å²) in [5.41, 5.74) is 3.31. The first-order chi connectivity index (χ1) is 16.5. The number of halogens is 3. The van der Waals surface area contributed by atoms with E-state index < -0.39 is 0 Å². The zero-order valence-corrected chi connectivity index (χ0v) is 20.3. The fourth-order valence-electron chi connectivity index (χ4n) is 4.63. The minimum Gasteiger partial charge on any atom is -0.366 e. The number of fused-ring (bicyclic) bond motifs is 1. The van der Waals surface area contributed by atoms with Crippen LogP contribution < -0.4 is 15.8 Å². The van der Waals surface area contributed by atoms with Gasteiger partial charge in [0.25, 0.3) is 5.56 Å². The van der Waals surface area contributed by atoms with Crippen molar-refractivity contribution in [2.75, 3.05) is 23.3 Å². The van der Waals surface area contributed by atoms with E-state index in [1.165, 1.54) is 12.1 Å². The molecule has 1 aromatic heterocycles. The van der Waals surface area contributed by atoms with E-state index in [9.17, 15) is 14.0 Å². The molecule has 3 aromatic carbocycles. The van der Waals surface area contributed by atoms with Gasteiger partial charge in [-0.2, -0.15) is 0 Å². The summed E-state index contributed by atoms with van der Waals surface area (Å²) >= 11 is 6.33. The second kappa shape index (κ2) is 10.5. The molecular formula is C27H24Cl2FN3O2. The number of carbonyl (C=O) groups is 1. The number of hydrogen-bond acceptors (Lipinski definition) is 3. The Labute approximate surface area is 213 Å². The highest BCUT2D eigenvalue weighted by Gasteiger charge is 2.29. The standard InChI is InChI=1S/C27H23ClFN3O2.ClH/c28-19-8-13-23-22(15-19)24(17-5-2-1-3-6-17)25(27(34)31-23)32-14-4-7-18(16-32)26(33)30-21-11-9-20(29)10-12-21;/h1-3,5-6,8-13,15,18H,4,7,14,16H2,(H,30,33)(H,31,34);1H. The van der Waals surface area contributed by atoms with Gasteiger partial charge in [0.05, 0.1) is 5.92 Å². The van der Waals surface area contributed by atoms with E-state index in [-0.39, 0.29) is 35.6 Å². The van der Waals surface area contributed by atoms with Crippen molar-refractivity contribution >= 4 is 52.2 Å². The van der Waals surface area contributed by atoms with E-state index in [4.69, 9.17) is 11.6 Å². The van der Waals surface area contributed by atoms with Crippen molar-refractivity contribution < 1.29 is 9.18 Å². The Hall–Kier alpha value is -3.35. The van der Waals surface area contributed by atoms with Crippen molar-refractivity contribution in [3.8, 4) is 11.1 Å². The van der Waals surface area contributed by atoms with E-state index in [1.54, 1.807) is 18.2 Å². The Morgan fingerprint density at radius 3 is 2.54 bits per heavy atom. The van der Waals surface area contributed by atoms with Crippen LogP contribution in [0.1, 0.15) is 12.8 Å². The first-order valence-electron chi connectivity index (χ1n) is 11.2. The largest absolute Gasteiger partial charge is 0.366 e. The van der Waals surface area contributed by atoms with Crippen molar-refractivity contribution in [2.45, 2.75) is 12.8 Å². The predicted octanol–water partition coefficient (Wildman–Crippen LogP) is 6.26. The van der Waals surface area contributed by atoms with Gasteiger partial charge in [-0.3, -0.25) is 9.59 Å². The second-order valence-corrected chi connectivity index (χ2v) is 8.95. The Kier molecular flexibility index (Phi) is 7.43. The predicted molar refractivity (Wildman–Crippen MR) is 142 cm³/mol. The minimum absolute atomic E-state index is 0. The molecule has 1 atom stereocenters. The lowest BCUT2D eigenvalue weighted by molar-refractivity contribution is -0.120. The molecule has 1 aliphatic rings. The molecule has 4 aromatic rings. The van der Waals surface area contributed by atoms with Crippen LogP contribution in [0.5, 0.6) is 0 Å². The third kappa shape index (κ3) is 5.19. The second-order valence-electron chi connectivity index (χ2n) is 8.51. The number of rotatable bonds is 4. The molecule has 0 bridgehead atoms. The molecule has 0 aliphatic carbocycles. The Bertz CT molecular complexity index is 1410. The number of carbonyl (C=O) groups excluding carboxylic acids is 1. The number of aromatic nitrogens is 1. The van der Waals surface area contributed by atoms with Crippen LogP contribution in [0.15, 0.2) is 77.6 Å². The minimum atomic E-state index is -0.356. The van der Waals surface area contributed by atoms with Gasteiger partial charge < -0.3 is 15.2 Å². The van der Waals surface area contributed by atoms with E-state index in [0.29, 0.717) is 41.4 Å². The summed E-state index contributed by atoms with van der Waals surface area (Å²) in [5.74, 6) is -0.805. The van der Waals surface area contributed by atoms with Gasteiger partial charge in [0.2, 0.25) is 5.91 Å². The summed E-state index contributed by atoms with van der Waals surface area (Å²) in [5, 5.41) is 4.31. The van der Waals surface area contributed by atoms with Crippen molar-refractivity contribution in [1.82, 2.24) is 4.98 Å². The molecule has 1 aliphatic heterocycles. The highest BCUT2D eigenvalue weighted by atomic mass is 35.5. The number of pyridine rings is 1. The van der Waals surface area contributed by atoms with Crippen LogP contribution in [0.25, 0.3) is 22.0 Å². The number of anilines is 2. The number of hydrogen-bond donors (Lipinski definition) is 2. The summed E-state index contributed by atoms with van der Waals surface area (Å²) < 4.78 is 13.2. The zero-order chi connectivity index (χ0) is 23.7. The summed E-state index contributed by atoms with van der Waals surface area (Å²) in [6.45, 7) is 1.07. The van der Waals surface area contributed by atoms with Gasteiger partial charge in [-0.1, -0.05) is 41.9 Å². The Morgan fingerprint density at radius 2 is 1.80 bits per heavy atom. The fraction of sp³-hybridized carbons (Fsp3) is 0.185. The van der Waals surface area contributed by atoms with Gasteiger partial charge in [-0.15, -0.1) is 12.4 Å². The van der Waals surface area contributed by atoms with Gasteiger partial charge in [-0.05, 0) is 60.9 Å². The zero-order valence-electron chi connectivity index (χ0n) is 18.8. The first kappa shape index (κ1) is 24.8. The third-order valence-electron chi connectivity index (χ3n) is 6.23. The van der Waals surface area contributed by atoms with Crippen molar-refractivity contribution in [3.63, 3.8) is 0 Å². The molecule has 0 spiro atoms. The maximum atomic E-state index is 13.3. The summed E-state index contributed by atoms with van der Waals surface area (Å²) in [6, 6.07) is 20.9. The molecule has 35 heavy (non-hydrogen) atoms. The molecule has 180 valence electrons. The van der Waals surface area contributed by atoms with Gasteiger partial charge in [0, 0.05) is 40.3 Å². The number of amides is 1. The lowest BCUT2D eigenvalue weighted by Gasteiger charge is -2.34. The molecule has 1 saturated heterocycles. The van der Waals surface area contributed by atoms with E-state index in [0.717, 1.165) is 22.9 Å². The number of benzene rings is 3. The molecule has 0 radical (unpaired) electrons. The van der Waals surface area contributed by atoms with Crippen LogP contribution in [-0.2, 0) is 4.79 Å². The van der Waals surface area contributed by atoms with Crippen LogP contribution >= 0.6 is 24.0 Å². The smallest absolute Gasteiger partial charge is 0.272 e. The molecule has 5 rings (SSSR count). The van der Waals surface area contributed by atoms with Gasteiger partial charge in [0.1, 0.15) is 11.5 Å². The van der Waals surface area contributed by atoms with Crippen LogP contribution in [-0.4, -0.2) is 24.0 Å². The van der Waals surface area contributed by atoms with Gasteiger partial charge in [-0.25, -0.2) is 4.39 Å². The van der Waals surface area contributed by atoms with Crippen LogP contribution in [0, 0.1) is 11.7 Å². The molecule has 2 heterocycles. The fourth-order valence-corrected chi connectivity index (χ4v) is 4.80. The lowest BCUT2D eigenvalue weighted by Crippen LogP contribution is -2.43. The van der Waals surface area contributed by atoms with Crippen LogP contribution in [0.2, 0.25) is 5.02 Å². The maximum absolute atomic E-state index is 13.3. The van der Waals surface area contributed by atoms with Crippen LogP contribution in [0.3, 0.4) is 0 Å². The van der Waals surface area contributed by atoms with E-state index in [2.05, 4.69) is 10.3 Å². The number of H-pyrrole nitrogens is 1. The lowest BCUT2D eigenvalue weighted by atomic mass is 9.93. The summed E-state index contributed by atoms with van der Waals surface area (Å²) in [4.78, 5) is 31.3. The number of aromatic amines is 1. The molecule has 0 saturated carbocycles. The molecular weight excluding hydrogens is 488 g/mol. The highest BCUT2D eigenvalue weighted by molar-refractivity contribution is 6.31. The van der Waals surface area contributed by atoms with Gasteiger partial charge >= 0.3 is 0 Å². The molecule has 1 fully saturated rings. The Morgan fingerprint density at radius 1 is 1.06 bits per heavy atom. The normalized spacial score (nSPS) is 15.5. The average Bonchev–Trinajstić information content (AvgIpc) is 2.85. The van der Waals surface area contributed by atoms with E-state index in [1.807, 2.05) is 47.4 Å². The summed E-state index contributed by atoms with van der Waals surface area (Å²) in [7, 11) is 0. The van der Waals surface area contributed by atoms with Crippen molar-refractivity contribution in [2.24, 2.45) is 5.92 Å². The Balaban J connectivity index is 0.00000289. The van der Waals surface area contributed by atoms with Crippen LogP contribution in [0.4, 0.5) is 15.8 Å². The molecule has 5 nitrogen and oxygen atoms in total. The topological polar surface area (TPSA) is 65.2 Å². The van der Waals surface area contributed by atoms with Crippen molar-refractivity contribution in [1.29, 1.82) is 0 Å². The quantitative estimate of drug-likeness (QED) is 0.339. The number of nitrogens with one attached hydrogen (secondary N) is 2.